The molecule has 0 saturated carbocycles. The van der Waals surface area contributed by atoms with Crippen LogP contribution in [0.2, 0.25) is 0 Å². The smallest absolute Gasteiger partial charge is 0.0460 e. The van der Waals surface area contributed by atoms with Gasteiger partial charge in [-0.1, -0.05) is 13.3 Å². The van der Waals surface area contributed by atoms with Gasteiger partial charge >= 0.3 is 0 Å². The van der Waals surface area contributed by atoms with Gasteiger partial charge in [-0.2, -0.15) is 0 Å². The number of nitrogens with two attached hydrogens (primary N) is 1. The van der Waals surface area contributed by atoms with Crippen molar-refractivity contribution in [3.8, 4) is 0 Å². The molecule has 1 heteroatoms. The predicted molar refractivity (Wildman–Crippen MR) is 28.6 cm³/mol. The Labute approximate surface area is 40.9 Å². The SMILES string of the molecule is [2H]C(C)(N)CCC. The topological polar surface area (TPSA) is 26.0 Å². The average molecular weight is 88.2 g/mol. The van der Waals surface area contributed by atoms with Crippen LogP contribution in [0.1, 0.15) is 28.1 Å². The van der Waals surface area contributed by atoms with Gasteiger partial charge in [0.25, 0.3) is 0 Å². The second-order valence-corrected chi connectivity index (χ2v) is 1.60. The minimum absolute atomic E-state index is 0.700. The van der Waals surface area contributed by atoms with Crippen molar-refractivity contribution in [1.29, 1.82) is 0 Å². The molecule has 6 heavy (non-hydrogen) atoms. The van der Waals surface area contributed by atoms with E-state index in [1.54, 1.807) is 6.92 Å². The van der Waals surface area contributed by atoms with E-state index in [2.05, 4.69) is 0 Å². The van der Waals surface area contributed by atoms with E-state index in [4.69, 9.17) is 7.10 Å². The van der Waals surface area contributed by atoms with Crippen LogP contribution in [0.15, 0.2) is 0 Å². The normalized spacial score (nSPS) is 22.2. The summed E-state index contributed by atoms with van der Waals surface area (Å²) in [4.78, 5) is 0. The molecule has 0 aliphatic rings. The molecule has 1 nitrogen and oxygen atoms in total. The standard InChI is InChI=1S/C5H13N/c1-3-4-5(2)6/h5H,3-4,6H2,1-2H3/i5D. The van der Waals surface area contributed by atoms with Crippen LogP contribution in [0, 0.1) is 0 Å². The van der Waals surface area contributed by atoms with E-state index in [0.29, 0.717) is 0 Å². The average Bonchev–Trinajstić information content (AvgIpc) is 1.30. The van der Waals surface area contributed by atoms with E-state index >= 15 is 0 Å². The van der Waals surface area contributed by atoms with Crippen LogP contribution >= 0.6 is 0 Å². The summed E-state index contributed by atoms with van der Waals surface area (Å²) in [6.45, 7) is 3.75. The maximum Gasteiger partial charge on any atom is 0.0460 e. The van der Waals surface area contributed by atoms with Crippen LogP contribution in [0.25, 0.3) is 0 Å². The van der Waals surface area contributed by atoms with Gasteiger partial charge in [0.05, 0.1) is 0 Å². The first-order chi connectivity index (χ1) is 3.06. The molecule has 0 amide bonds. The molecule has 0 bridgehead atoms. The largest absolute Gasteiger partial charge is 0.328 e. The van der Waals surface area contributed by atoms with Crippen LogP contribution in [-0.4, -0.2) is 6.02 Å². The molecule has 0 fully saturated rings. The molecule has 0 rings (SSSR count). The molecular formula is C5H13N. The quantitative estimate of drug-likeness (QED) is 0.538. The van der Waals surface area contributed by atoms with E-state index in [9.17, 15) is 0 Å². The van der Waals surface area contributed by atoms with Crippen molar-refractivity contribution in [1.82, 2.24) is 0 Å². The maximum atomic E-state index is 7.11. The number of hydrogen-bond acceptors (Lipinski definition) is 1. The fraction of sp³-hybridized carbons (Fsp3) is 1.00. The van der Waals surface area contributed by atoms with Gasteiger partial charge in [-0.15, -0.1) is 0 Å². The first-order valence-electron chi connectivity index (χ1n) is 2.85. The lowest BCUT2D eigenvalue weighted by molar-refractivity contribution is 0.653. The summed E-state index contributed by atoms with van der Waals surface area (Å²) in [6, 6.07) is -0.700. The Morgan fingerprint density at radius 1 is 2.00 bits per heavy atom. The summed E-state index contributed by atoms with van der Waals surface area (Å²) >= 11 is 0. The molecule has 0 aliphatic carbocycles. The molecule has 0 spiro atoms. The third-order valence-electron chi connectivity index (χ3n) is 0.644. The number of hydrogen-bond donors (Lipinski definition) is 1. The Morgan fingerprint density at radius 3 is 2.50 bits per heavy atom. The lowest BCUT2D eigenvalue weighted by Gasteiger charge is -1.96. The first kappa shape index (κ1) is 4.13. The summed E-state index contributed by atoms with van der Waals surface area (Å²) in [5.74, 6) is 0. The molecule has 0 aromatic rings. The van der Waals surface area contributed by atoms with Crippen molar-refractivity contribution < 1.29 is 1.37 Å². The number of rotatable bonds is 2. The van der Waals surface area contributed by atoms with Gasteiger partial charge in [0.1, 0.15) is 0 Å². The third-order valence-corrected chi connectivity index (χ3v) is 0.644. The summed E-state index contributed by atoms with van der Waals surface area (Å²) in [6.07, 6.45) is 1.78. The highest BCUT2D eigenvalue weighted by Crippen LogP contribution is 1.88. The lowest BCUT2D eigenvalue weighted by Crippen LogP contribution is -2.13. The fourth-order valence-corrected chi connectivity index (χ4v) is 0.394. The van der Waals surface area contributed by atoms with Gasteiger partial charge in [0.2, 0.25) is 0 Å². The second kappa shape index (κ2) is 3.16. The van der Waals surface area contributed by atoms with E-state index in [-0.39, 0.29) is 0 Å². The van der Waals surface area contributed by atoms with Gasteiger partial charge in [0, 0.05) is 7.39 Å². The van der Waals surface area contributed by atoms with Gasteiger partial charge in [-0.3, -0.25) is 0 Å². The molecular weight excluding hydrogens is 74.1 g/mol. The highest BCUT2D eigenvalue weighted by molar-refractivity contribution is 4.47. The van der Waals surface area contributed by atoms with E-state index < -0.39 is 6.02 Å². The minimum atomic E-state index is -0.700. The fourth-order valence-electron chi connectivity index (χ4n) is 0.394. The monoisotopic (exact) mass is 88.1 g/mol. The van der Waals surface area contributed by atoms with Crippen LogP contribution in [0.3, 0.4) is 0 Å². The Kier molecular flexibility index (Phi) is 2.18. The molecule has 0 aromatic heterocycles. The van der Waals surface area contributed by atoms with Gasteiger partial charge < -0.3 is 5.73 Å². The molecule has 0 aromatic carbocycles. The zero-order valence-electron chi connectivity index (χ0n) is 5.49. The van der Waals surface area contributed by atoms with Crippen LogP contribution in [-0.2, 0) is 0 Å². The minimum Gasteiger partial charge on any atom is -0.328 e. The van der Waals surface area contributed by atoms with Crippen LogP contribution < -0.4 is 5.73 Å². The highest BCUT2D eigenvalue weighted by atomic mass is 14.6. The second-order valence-electron chi connectivity index (χ2n) is 1.60. The van der Waals surface area contributed by atoms with Crippen molar-refractivity contribution in [2.75, 3.05) is 0 Å². The molecule has 38 valence electrons. The van der Waals surface area contributed by atoms with Crippen molar-refractivity contribution in [3.63, 3.8) is 0 Å². The molecule has 0 aliphatic heterocycles. The van der Waals surface area contributed by atoms with Gasteiger partial charge in [-0.05, 0) is 13.3 Å². The molecule has 0 heterocycles. The van der Waals surface area contributed by atoms with E-state index in [0.717, 1.165) is 12.8 Å². The Hall–Kier alpha value is -0.0400. The molecule has 2 N–H and O–H groups in total. The molecule has 0 saturated heterocycles. The van der Waals surface area contributed by atoms with Gasteiger partial charge in [0.15, 0.2) is 0 Å². The summed E-state index contributed by atoms with van der Waals surface area (Å²) in [5, 5.41) is 0. The van der Waals surface area contributed by atoms with Crippen LogP contribution in [0.4, 0.5) is 0 Å². The van der Waals surface area contributed by atoms with Crippen LogP contribution in [0.5, 0.6) is 0 Å². The van der Waals surface area contributed by atoms with Gasteiger partial charge in [-0.25, -0.2) is 0 Å². The van der Waals surface area contributed by atoms with Crippen molar-refractivity contribution in [2.45, 2.75) is 32.7 Å². The lowest BCUT2D eigenvalue weighted by atomic mass is 10.2. The zero-order chi connectivity index (χ0) is 5.91. The Morgan fingerprint density at radius 2 is 2.50 bits per heavy atom. The Bertz CT molecular complexity index is 46.5. The summed E-state index contributed by atoms with van der Waals surface area (Å²) in [7, 11) is 0. The molecule has 1 unspecified atom stereocenters. The summed E-state index contributed by atoms with van der Waals surface area (Å²) in [5.41, 5.74) is 5.31. The van der Waals surface area contributed by atoms with Crippen molar-refractivity contribution in [2.24, 2.45) is 5.73 Å². The maximum absolute atomic E-state index is 7.11. The van der Waals surface area contributed by atoms with Crippen molar-refractivity contribution >= 4 is 0 Å². The Balaban J connectivity index is 3.15. The third kappa shape index (κ3) is 3.96. The highest BCUT2D eigenvalue weighted by Gasteiger charge is 1.85. The summed E-state index contributed by atoms with van der Waals surface area (Å²) < 4.78 is 7.11. The van der Waals surface area contributed by atoms with E-state index in [1.807, 2.05) is 6.92 Å². The molecule has 0 radical (unpaired) electrons. The van der Waals surface area contributed by atoms with Crippen molar-refractivity contribution in [3.05, 3.63) is 0 Å². The predicted octanol–water partition coefficient (Wildman–Crippen LogP) is 1.13. The van der Waals surface area contributed by atoms with E-state index in [1.165, 1.54) is 0 Å². The molecule has 1 atom stereocenters. The zero-order valence-corrected chi connectivity index (χ0v) is 4.49. The first-order valence-corrected chi connectivity index (χ1v) is 2.35.